The Kier molecular flexibility index (Phi) is 4.54. The maximum Gasteiger partial charge on any atom is 0.265 e. The molecule has 0 radical (unpaired) electrons. The first-order valence-electron chi connectivity index (χ1n) is 7.58. The van der Waals surface area contributed by atoms with E-state index in [0.29, 0.717) is 22.0 Å². The molecule has 2 saturated heterocycles. The first kappa shape index (κ1) is 15.3. The van der Waals surface area contributed by atoms with Crippen molar-refractivity contribution in [3.8, 4) is 0 Å². The molecule has 0 spiro atoms. The van der Waals surface area contributed by atoms with E-state index in [4.69, 9.17) is 17.3 Å². The molecule has 116 valence electrons. The van der Waals surface area contributed by atoms with E-state index in [9.17, 15) is 4.79 Å². The molecule has 0 aliphatic carbocycles. The number of rotatable bonds is 2. The van der Waals surface area contributed by atoms with E-state index in [2.05, 4.69) is 4.90 Å². The fourth-order valence-electron chi connectivity index (χ4n) is 3.23. The summed E-state index contributed by atoms with van der Waals surface area (Å²) >= 11 is 7.68. The van der Waals surface area contributed by atoms with Gasteiger partial charge in [0, 0.05) is 25.2 Å². The zero-order valence-corrected chi connectivity index (χ0v) is 13.9. The Balaban J connectivity index is 1.62. The van der Waals surface area contributed by atoms with Crippen LogP contribution < -0.4 is 5.73 Å². The van der Waals surface area contributed by atoms with Crippen LogP contribution in [0.25, 0.3) is 0 Å². The van der Waals surface area contributed by atoms with Gasteiger partial charge in [-0.3, -0.25) is 9.69 Å². The number of carbonyl (C=O) groups is 1. The lowest BCUT2D eigenvalue weighted by atomic mass is 10.0. The van der Waals surface area contributed by atoms with Gasteiger partial charge in [-0.1, -0.05) is 11.6 Å². The number of likely N-dealkylation sites (tertiary alicyclic amines) is 2. The minimum Gasteiger partial charge on any atom is -0.336 e. The Hall–Kier alpha value is -0.620. The van der Waals surface area contributed by atoms with E-state index in [-0.39, 0.29) is 5.91 Å². The third kappa shape index (κ3) is 3.11. The number of hydrogen-bond donors (Lipinski definition) is 1. The van der Waals surface area contributed by atoms with Crippen LogP contribution in [0.4, 0.5) is 0 Å². The minimum atomic E-state index is 0.0920. The van der Waals surface area contributed by atoms with Gasteiger partial charge in [-0.25, -0.2) is 0 Å². The van der Waals surface area contributed by atoms with Gasteiger partial charge < -0.3 is 10.6 Å². The van der Waals surface area contributed by atoms with Crippen molar-refractivity contribution in [2.24, 2.45) is 5.73 Å². The molecule has 21 heavy (non-hydrogen) atoms. The SMILES string of the molecule is Cc1csc(C(=O)N2CCC(N3CCC(N)CC3)C2)c1Cl. The van der Waals surface area contributed by atoms with Crippen molar-refractivity contribution in [2.45, 2.75) is 38.3 Å². The molecule has 2 fully saturated rings. The zero-order chi connectivity index (χ0) is 15.0. The number of carbonyl (C=O) groups excluding carboxylic acids is 1. The fraction of sp³-hybridized carbons (Fsp3) is 0.667. The Morgan fingerprint density at radius 2 is 2.05 bits per heavy atom. The highest BCUT2D eigenvalue weighted by Gasteiger charge is 2.33. The standard InChI is InChI=1S/C15H22ClN3OS/c1-10-9-21-14(13(10)16)15(20)19-7-4-12(8-19)18-5-2-11(17)3-6-18/h9,11-12H,2-8,17H2,1H3. The van der Waals surface area contributed by atoms with Gasteiger partial charge in [-0.05, 0) is 50.2 Å². The van der Waals surface area contributed by atoms with E-state index in [1.807, 2.05) is 17.2 Å². The van der Waals surface area contributed by atoms with Crippen LogP contribution in [0.2, 0.25) is 5.02 Å². The van der Waals surface area contributed by atoms with Gasteiger partial charge in [-0.15, -0.1) is 11.3 Å². The number of amides is 1. The molecular formula is C15H22ClN3OS. The van der Waals surface area contributed by atoms with E-state index in [0.717, 1.165) is 51.0 Å². The van der Waals surface area contributed by atoms with Crippen molar-refractivity contribution in [1.82, 2.24) is 9.80 Å². The van der Waals surface area contributed by atoms with Crippen LogP contribution in [-0.4, -0.2) is 54.0 Å². The smallest absolute Gasteiger partial charge is 0.265 e. The molecule has 1 aromatic rings. The van der Waals surface area contributed by atoms with Crippen LogP contribution in [0.1, 0.15) is 34.5 Å². The van der Waals surface area contributed by atoms with E-state index in [1.54, 1.807) is 0 Å². The molecule has 2 N–H and O–H groups in total. The summed E-state index contributed by atoms with van der Waals surface area (Å²) in [6.07, 6.45) is 3.20. The zero-order valence-electron chi connectivity index (χ0n) is 12.3. The van der Waals surface area contributed by atoms with Gasteiger partial charge >= 0.3 is 0 Å². The van der Waals surface area contributed by atoms with Crippen molar-refractivity contribution in [3.05, 3.63) is 20.8 Å². The Bertz CT molecular complexity index is 525. The molecule has 1 unspecified atom stereocenters. The average Bonchev–Trinajstić information content (AvgIpc) is 3.08. The van der Waals surface area contributed by atoms with Crippen molar-refractivity contribution >= 4 is 28.8 Å². The second kappa shape index (κ2) is 6.24. The number of nitrogens with zero attached hydrogens (tertiary/aromatic N) is 2. The number of aryl methyl sites for hydroxylation is 1. The van der Waals surface area contributed by atoms with Crippen molar-refractivity contribution in [3.63, 3.8) is 0 Å². The summed E-state index contributed by atoms with van der Waals surface area (Å²) in [7, 11) is 0. The number of halogens is 1. The van der Waals surface area contributed by atoms with Crippen LogP contribution in [0.5, 0.6) is 0 Å². The van der Waals surface area contributed by atoms with E-state index < -0.39 is 0 Å². The molecule has 3 rings (SSSR count). The van der Waals surface area contributed by atoms with Crippen LogP contribution in [0.15, 0.2) is 5.38 Å². The largest absolute Gasteiger partial charge is 0.336 e. The van der Waals surface area contributed by atoms with Crippen molar-refractivity contribution in [1.29, 1.82) is 0 Å². The highest BCUT2D eigenvalue weighted by molar-refractivity contribution is 7.13. The second-order valence-electron chi connectivity index (χ2n) is 6.13. The monoisotopic (exact) mass is 327 g/mol. The number of thiophene rings is 1. The molecule has 1 amide bonds. The number of nitrogens with two attached hydrogens (primary N) is 1. The van der Waals surface area contributed by atoms with Gasteiger partial charge in [-0.2, -0.15) is 0 Å². The van der Waals surface area contributed by atoms with Crippen molar-refractivity contribution < 1.29 is 4.79 Å². The third-order valence-corrected chi connectivity index (χ3v) is 6.32. The number of hydrogen-bond acceptors (Lipinski definition) is 4. The third-order valence-electron chi connectivity index (χ3n) is 4.63. The molecule has 2 aliphatic heterocycles. The van der Waals surface area contributed by atoms with Crippen LogP contribution in [0.3, 0.4) is 0 Å². The molecule has 3 heterocycles. The van der Waals surface area contributed by atoms with Gasteiger partial charge in [0.2, 0.25) is 0 Å². The summed E-state index contributed by atoms with van der Waals surface area (Å²) in [6, 6.07) is 0.842. The Morgan fingerprint density at radius 1 is 1.33 bits per heavy atom. The van der Waals surface area contributed by atoms with Gasteiger partial charge in [0.15, 0.2) is 0 Å². The van der Waals surface area contributed by atoms with Gasteiger partial charge in [0.05, 0.1) is 5.02 Å². The quantitative estimate of drug-likeness (QED) is 0.907. The highest BCUT2D eigenvalue weighted by atomic mass is 35.5. The summed E-state index contributed by atoms with van der Waals surface area (Å²) in [5.74, 6) is 0.0920. The molecule has 1 aromatic heterocycles. The topological polar surface area (TPSA) is 49.6 Å². The number of piperidine rings is 1. The summed E-state index contributed by atoms with van der Waals surface area (Å²) < 4.78 is 0. The second-order valence-corrected chi connectivity index (χ2v) is 7.39. The molecule has 0 saturated carbocycles. The lowest BCUT2D eigenvalue weighted by Crippen LogP contribution is -2.46. The summed E-state index contributed by atoms with van der Waals surface area (Å²) in [5, 5.41) is 2.58. The first-order valence-corrected chi connectivity index (χ1v) is 8.84. The molecule has 0 aromatic carbocycles. The molecule has 0 bridgehead atoms. The highest BCUT2D eigenvalue weighted by Crippen LogP contribution is 2.30. The Morgan fingerprint density at radius 3 is 2.67 bits per heavy atom. The average molecular weight is 328 g/mol. The maximum atomic E-state index is 12.6. The fourth-order valence-corrected chi connectivity index (χ4v) is 4.47. The predicted octanol–water partition coefficient (Wildman–Crippen LogP) is 2.35. The van der Waals surface area contributed by atoms with Crippen molar-refractivity contribution in [2.75, 3.05) is 26.2 Å². The Labute approximate surface area is 134 Å². The van der Waals surface area contributed by atoms with E-state index >= 15 is 0 Å². The van der Waals surface area contributed by atoms with Crippen LogP contribution in [-0.2, 0) is 0 Å². The van der Waals surface area contributed by atoms with Crippen LogP contribution >= 0.6 is 22.9 Å². The van der Waals surface area contributed by atoms with Gasteiger partial charge in [0.25, 0.3) is 5.91 Å². The molecule has 1 atom stereocenters. The maximum absolute atomic E-state index is 12.6. The molecular weight excluding hydrogens is 306 g/mol. The summed E-state index contributed by atoms with van der Waals surface area (Å²) in [4.78, 5) is 17.7. The first-order chi connectivity index (χ1) is 10.1. The molecule has 4 nitrogen and oxygen atoms in total. The summed E-state index contributed by atoms with van der Waals surface area (Å²) in [6.45, 7) is 5.72. The summed E-state index contributed by atoms with van der Waals surface area (Å²) in [5.41, 5.74) is 6.95. The minimum absolute atomic E-state index is 0.0920. The predicted molar refractivity (Wildman–Crippen MR) is 87.2 cm³/mol. The lowest BCUT2D eigenvalue weighted by molar-refractivity contribution is 0.0774. The lowest BCUT2D eigenvalue weighted by Gasteiger charge is -2.34. The van der Waals surface area contributed by atoms with E-state index in [1.165, 1.54) is 11.3 Å². The molecule has 2 aliphatic rings. The van der Waals surface area contributed by atoms with Crippen LogP contribution in [0, 0.1) is 6.92 Å². The van der Waals surface area contributed by atoms with Gasteiger partial charge in [0.1, 0.15) is 4.88 Å². The normalized spacial score (nSPS) is 24.7. The molecule has 6 heteroatoms.